The fourth-order valence-corrected chi connectivity index (χ4v) is 8.81. The van der Waals surface area contributed by atoms with E-state index < -0.39 is 28.9 Å². The maximum atomic E-state index is 14.8. The predicted octanol–water partition coefficient (Wildman–Crippen LogP) is 13.5. The quantitative estimate of drug-likeness (QED) is 0.0387. The highest BCUT2D eigenvalue weighted by atomic mass is 35.5. The summed E-state index contributed by atoms with van der Waals surface area (Å²) in [6.45, 7) is 7.16. The van der Waals surface area contributed by atoms with Crippen molar-refractivity contribution >= 4 is 58.2 Å². The summed E-state index contributed by atoms with van der Waals surface area (Å²) >= 11 is 26.0. The lowest BCUT2D eigenvalue weighted by Gasteiger charge is -2.16. The summed E-state index contributed by atoms with van der Waals surface area (Å²) in [7, 11) is 0. The molecule has 0 unspecified atom stereocenters. The molecule has 0 aliphatic rings. The lowest BCUT2D eigenvalue weighted by molar-refractivity contribution is 0.0940. The zero-order valence-corrected chi connectivity index (χ0v) is 40.1. The summed E-state index contributed by atoms with van der Waals surface area (Å²) in [5, 5.41) is 13.2. The van der Waals surface area contributed by atoms with Crippen LogP contribution in [-0.4, -0.2) is 44.5 Å². The van der Waals surface area contributed by atoms with E-state index in [9.17, 15) is 19.2 Å². The van der Waals surface area contributed by atoms with Crippen LogP contribution in [0, 0.1) is 0 Å². The van der Waals surface area contributed by atoms with Crippen LogP contribution in [0.2, 0.25) is 20.1 Å². The summed E-state index contributed by atoms with van der Waals surface area (Å²) in [6, 6.07) is 9.40. The molecule has 0 saturated heterocycles. The molecule has 2 amide bonds. The highest BCUT2D eigenvalue weighted by molar-refractivity contribution is 6.35. The predicted molar refractivity (Wildman–Crippen MR) is 258 cm³/mol. The molecule has 0 atom stereocenters. The Balaban J connectivity index is 1.66. The Kier molecular flexibility index (Phi) is 22.9. The van der Waals surface area contributed by atoms with E-state index in [2.05, 4.69) is 34.7 Å². The van der Waals surface area contributed by atoms with Crippen LogP contribution >= 0.6 is 46.4 Å². The molecule has 4 rings (SSSR count). The number of nitrogens with one attached hydrogen (secondary N) is 4. The molecule has 0 radical (unpaired) electrons. The normalized spacial score (nSPS) is 11.5. The summed E-state index contributed by atoms with van der Waals surface area (Å²) in [4.78, 5) is 57.9. The summed E-state index contributed by atoms with van der Waals surface area (Å²) < 4.78 is 2.37. The maximum Gasteiger partial charge on any atom is 0.275 e. The van der Waals surface area contributed by atoms with E-state index in [0.29, 0.717) is 29.6 Å². The van der Waals surface area contributed by atoms with Gasteiger partial charge in [0.05, 0.1) is 32.5 Å². The van der Waals surface area contributed by atoms with E-state index in [1.165, 1.54) is 98.5 Å². The fourth-order valence-electron chi connectivity index (χ4n) is 8.07. The molecule has 0 saturated carbocycles. The molecule has 2 aromatic heterocycles. The van der Waals surface area contributed by atoms with Crippen molar-refractivity contribution in [1.29, 1.82) is 0 Å². The molecule has 0 spiro atoms. The van der Waals surface area contributed by atoms with Gasteiger partial charge in [0.2, 0.25) is 0 Å². The highest BCUT2D eigenvalue weighted by Crippen LogP contribution is 2.33. The molecule has 4 N–H and O–H groups in total. The van der Waals surface area contributed by atoms with Crippen molar-refractivity contribution < 1.29 is 9.59 Å². The number of amides is 2. The van der Waals surface area contributed by atoms with Gasteiger partial charge in [-0.3, -0.25) is 29.4 Å². The Morgan fingerprint density at radius 1 is 0.516 bits per heavy atom. The van der Waals surface area contributed by atoms with Gasteiger partial charge >= 0.3 is 0 Å². The van der Waals surface area contributed by atoms with E-state index in [1.54, 1.807) is 24.3 Å². The van der Waals surface area contributed by atoms with Crippen molar-refractivity contribution in [3.05, 3.63) is 99.7 Å². The Morgan fingerprint density at radius 3 is 1.19 bits per heavy atom. The van der Waals surface area contributed by atoms with Crippen molar-refractivity contribution in [2.24, 2.45) is 0 Å². The smallest absolute Gasteiger partial charge is 0.275 e. The van der Waals surface area contributed by atoms with Gasteiger partial charge < -0.3 is 10.6 Å². The largest absolute Gasteiger partial charge is 0.351 e. The van der Waals surface area contributed by atoms with E-state index in [0.717, 1.165) is 51.4 Å². The lowest BCUT2D eigenvalue weighted by Crippen LogP contribution is -2.30. The third-order valence-corrected chi connectivity index (χ3v) is 12.6. The molecule has 0 bridgehead atoms. The van der Waals surface area contributed by atoms with Crippen LogP contribution in [0.3, 0.4) is 0 Å². The molecule has 4 aromatic rings. The molecular formula is C48H68Cl4N6O4. The van der Waals surface area contributed by atoms with Gasteiger partial charge in [0.1, 0.15) is 11.4 Å². The molecule has 342 valence electrons. The minimum Gasteiger partial charge on any atom is -0.351 e. The number of aromatic nitrogens is 4. The molecule has 14 heteroatoms. The number of unbranched alkanes of at least 4 members (excludes halogenated alkanes) is 18. The number of hydrogen-bond donors (Lipinski definition) is 4. The Labute approximate surface area is 388 Å². The number of nitrogens with zero attached hydrogens (tertiary/aromatic N) is 2. The van der Waals surface area contributed by atoms with Crippen LogP contribution < -0.4 is 21.8 Å². The Bertz CT molecular complexity index is 1980. The molecule has 62 heavy (non-hydrogen) atoms. The van der Waals surface area contributed by atoms with Gasteiger partial charge in [-0.05, 0) is 55.7 Å². The lowest BCUT2D eigenvalue weighted by atomic mass is 9.87. The Morgan fingerprint density at radius 2 is 0.855 bits per heavy atom. The standard InChI is InChI=1S/C48H68Cl4N6O4/c1-4-7-9-11-13-15-17-19-21-23-30-53-45(59)43-41(47(61)57(55-43)39-32-34(49)26-28-37(39)51)36(25-6-3)42-44(56-58(48(42)62)40-33-35(50)27-29-38(40)52)46(60)54-31-24-22-20-18-16-14-12-10-8-5-2/h26-29,32-33,36,55-56H,4-25,30-31H2,1-3H3,(H,53,59)(H,54,60). The first-order valence-corrected chi connectivity index (χ1v) is 24.7. The van der Waals surface area contributed by atoms with E-state index >= 15 is 0 Å². The molecule has 0 aliphatic heterocycles. The number of benzene rings is 2. The summed E-state index contributed by atoms with van der Waals surface area (Å²) in [5.74, 6) is -2.01. The van der Waals surface area contributed by atoms with E-state index in [-0.39, 0.29) is 50.4 Å². The van der Waals surface area contributed by atoms with E-state index in [4.69, 9.17) is 46.4 Å². The van der Waals surface area contributed by atoms with Crippen LogP contribution in [0.1, 0.15) is 200 Å². The molecule has 10 nitrogen and oxygen atoms in total. The monoisotopic (exact) mass is 932 g/mol. The zero-order chi connectivity index (χ0) is 44.9. The second-order valence-electron chi connectivity index (χ2n) is 16.5. The Hall–Kier alpha value is -3.44. The van der Waals surface area contributed by atoms with Crippen LogP contribution in [0.15, 0.2) is 46.0 Å². The number of rotatable bonds is 30. The van der Waals surface area contributed by atoms with Gasteiger partial charge in [0, 0.05) is 29.1 Å². The maximum absolute atomic E-state index is 14.8. The van der Waals surface area contributed by atoms with E-state index in [1.807, 2.05) is 6.92 Å². The number of aromatic amines is 2. The van der Waals surface area contributed by atoms with Crippen molar-refractivity contribution in [2.75, 3.05) is 13.1 Å². The number of hydrogen-bond acceptors (Lipinski definition) is 4. The molecule has 0 aliphatic carbocycles. The first kappa shape index (κ1) is 51.2. The topological polar surface area (TPSA) is 134 Å². The minimum absolute atomic E-state index is 0.0266. The van der Waals surface area contributed by atoms with Crippen LogP contribution in [-0.2, 0) is 0 Å². The third-order valence-electron chi connectivity index (χ3n) is 11.5. The zero-order valence-electron chi connectivity index (χ0n) is 37.1. The highest BCUT2D eigenvalue weighted by Gasteiger charge is 2.35. The summed E-state index contributed by atoms with van der Waals surface area (Å²) in [6.07, 6.45) is 23.8. The third kappa shape index (κ3) is 15.1. The van der Waals surface area contributed by atoms with Crippen molar-refractivity contribution in [2.45, 2.75) is 168 Å². The minimum atomic E-state index is -0.998. The van der Waals surface area contributed by atoms with Gasteiger partial charge in [-0.2, -0.15) is 0 Å². The van der Waals surface area contributed by atoms with Gasteiger partial charge in [-0.1, -0.05) is 189 Å². The fraction of sp³-hybridized carbons (Fsp3) is 0.583. The van der Waals surface area contributed by atoms with Crippen molar-refractivity contribution in [3.8, 4) is 11.4 Å². The number of carbonyl (C=O) groups is 2. The summed E-state index contributed by atoms with van der Waals surface area (Å²) in [5.41, 5.74) is -0.701. The van der Waals surface area contributed by atoms with Gasteiger partial charge in [-0.15, -0.1) is 0 Å². The number of halogens is 4. The van der Waals surface area contributed by atoms with Crippen LogP contribution in [0.5, 0.6) is 0 Å². The number of carbonyl (C=O) groups excluding carboxylic acids is 2. The number of H-pyrrole nitrogens is 2. The molecule has 2 heterocycles. The van der Waals surface area contributed by atoms with Crippen molar-refractivity contribution in [1.82, 2.24) is 30.2 Å². The van der Waals surface area contributed by atoms with Crippen LogP contribution in [0.4, 0.5) is 0 Å². The first-order chi connectivity index (χ1) is 30.0. The van der Waals surface area contributed by atoms with Gasteiger partial charge in [0.25, 0.3) is 22.9 Å². The average Bonchev–Trinajstić information content (AvgIpc) is 3.78. The molecule has 0 fully saturated rings. The van der Waals surface area contributed by atoms with Gasteiger partial charge in [0.15, 0.2) is 0 Å². The first-order valence-electron chi connectivity index (χ1n) is 23.2. The molecule has 2 aromatic carbocycles. The second-order valence-corrected chi connectivity index (χ2v) is 18.2. The van der Waals surface area contributed by atoms with Gasteiger partial charge in [-0.25, -0.2) is 9.36 Å². The van der Waals surface area contributed by atoms with Crippen molar-refractivity contribution in [3.63, 3.8) is 0 Å². The SMILES string of the molecule is CCCCCCCCCCCCNC(=O)c1[nH]n(-c2cc(Cl)ccc2Cl)c(=O)c1C(CCC)c1c(C(=O)NCCCCCCCCCCCC)[nH]n(-c2cc(Cl)ccc2Cl)c1=O. The second kappa shape index (κ2) is 27.7. The molecular weight excluding hydrogens is 866 g/mol. The van der Waals surface area contributed by atoms with Crippen LogP contribution in [0.25, 0.3) is 11.4 Å². The average molecular weight is 935 g/mol.